The Kier molecular flexibility index (Phi) is 3.40. The van der Waals surface area contributed by atoms with Gasteiger partial charge < -0.3 is 9.84 Å². The van der Waals surface area contributed by atoms with E-state index in [4.69, 9.17) is 9.84 Å². The number of carboxylic acid groups (broad SMARTS) is 1. The highest BCUT2D eigenvalue weighted by atomic mass is 32.1. The number of carbonyl (C=O) groups is 2. The van der Waals surface area contributed by atoms with E-state index in [0.29, 0.717) is 17.4 Å². The quantitative estimate of drug-likeness (QED) is 0.874. The number of hydrogen-bond acceptors (Lipinski definition) is 6. The summed E-state index contributed by atoms with van der Waals surface area (Å²) in [5, 5.41) is 19.5. The molecular formula is C12H10N4O4S. The summed E-state index contributed by atoms with van der Waals surface area (Å²) in [6.45, 7) is 0.543. The van der Waals surface area contributed by atoms with Crippen LogP contribution in [0.5, 0.6) is 5.75 Å². The maximum atomic E-state index is 12.3. The highest BCUT2D eigenvalue weighted by Gasteiger charge is 2.27. The fraction of sp³-hybridized carbons (Fsp3) is 0.167. The highest BCUT2D eigenvalue weighted by Crippen LogP contribution is 2.35. The van der Waals surface area contributed by atoms with E-state index in [1.165, 1.54) is 27.8 Å². The molecular weight excluding hydrogens is 296 g/mol. The van der Waals surface area contributed by atoms with Crippen LogP contribution in [0.4, 0.5) is 15.6 Å². The zero-order valence-electron chi connectivity index (χ0n) is 10.6. The lowest BCUT2D eigenvalue weighted by molar-refractivity contribution is 0.0692. The van der Waals surface area contributed by atoms with E-state index < -0.39 is 12.0 Å². The molecule has 0 saturated carbocycles. The van der Waals surface area contributed by atoms with Crippen molar-refractivity contribution in [2.45, 2.75) is 0 Å². The maximum absolute atomic E-state index is 12.3. The lowest BCUT2D eigenvalue weighted by Crippen LogP contribution is -2.41. The molecule has 21 heavy (non-hydrogen) atoms. The lowest BCUT2D eigenvalue weighted by atomic mass is 10.1. The Labute approximate surface area is 123 Å². The van der Waals surface area contributed by atoms with E-state index in [0.717, 1.165) is 0 Å². The van der Waals surface area contributed by atoms with Gasteiger partial charge in [-0.2, -0.15) is 0 Å². The van der Waals surface area contributed by atoms with Crippen molar-refractivity contribution in [3.63, 3.8) is 0 Å². The number of anilines is 2. The Morgan fingerprint density at radius 3 is 3.00 bits per heavy atom. The van der Waals surface area contributed by atoms with E-state index in [2.05, 4.69) is 15.5 Å². The predicted octanol–water partition coefficient (Wildman–Crippen LogP) is 1.67. The second-order valence-corrected chi connectivity index (χ2v) is 4.97. The number of hydrogen-bond donors (Lipinski definition) is 2. The van der Waals surface area contributed by atoms with Gasteiger partial charge in [0.15, 0.2) is 5.75 Å². The van der Waals surface area contributed by atoms with Gasteiger partial charge in [-0.1, -0.05) is 17.4 Å². The van der Waals surface area contributed by atoms with Crippen molar-refractivity contribution in [1.82, 2.24) is 10.2 Å². The molecule has 0 atom stereocenters. The summed E-state index contributed by atoms with van der Waals surface area (Å²) in [7, 11) is 0. The number of nitrogens with zero attached hydrogens (tertiary/aromatic N) is 3. The summed E-state index contributed by atoms with van der Waals surface area (Å²) in [4.78, 5) is 24.9. The van der Waals surface area contributed by atoms with Crippen LogP contribution in [-0.4, -0.2) is 40.5 Å². The molecule has 108 valence electrons. The molecule has 1 aromatic heterocycles. The van der Waals surface area contributed by atoms with Gasteiger partial charge in [-0.05, 0) is 12.1 Å². The van der Waals surface area contributed by atoms with Crippen molar-refractivity contribution < 1.29 is 19.4 Å². The number of nitrogens with one attached hydrogen (secondary N) is 1. The third-order valence-electron chi connectivity index (χ3n) is 2.90. The lowest BCUT2D eigenvalue weighted by Gasteiger charge is -2.29. The van der Waals surface area contributed by atoms with Crippen molar-refractivity contribution in [3.8, 4) is 5.75 Å². The smallest absolute Gasteiger partial charge is 0.339 e. The summed E-state index contributed by atoms with van der Waals surface area (Å²) in [5.41, 5.74) is 1.95. The van der Waals surface area contributed by atoms with Gasteiger partial charge in [0.2, 0.25) is 5.13 Å². The maximum Gasteiger partial charge on any atom is 0.339 e. The van der Waals surface area contributed by atoms with Gasteiger partial charge in [0.1, 0.15) is 17.7 Å². The molecule has 1 aromatic carbocycles. The predicted molar refractivity (Wildman–Crippen MR) is 75.2 cm³/mol. The summed E-state index contributed by atoms with van der Waals surface area (Å²) in [6, 6.07) is 4.25. The molecule has 0 bridgehead atoms. The SMILES string of the molecule is O=C(O)c1cccc2c1OCCN2C(=O)Nc1nncs1. The molecule has 0 unspecified atom stereocenters. The number of benzene rings is 1. The highest BCUT2D eigenvalue weighted by molar-refractivity contribution is 7.13. The van der Waals surface area contributed by atoms with E-state index in [9.17, 15) is 9.59 Å². The van der Waals surface area contributed by atoms with Crippen molar-refractivity contribution in [1.29, 1.82) is 0 Å². The topological polar surface area (TPSA) is 105 Å². The monoisotopic (exact) mass is 306 g/mol. The van der Waals surface area contributed by atoms with Gasteiger partial charge in [0.25, 0.3) is 0 Å². The molecule has 2 aromatic rings. The number of ether oxygens (including phenoxy) is 1. The third-order valence-corrected chi connectivity index (χ3v) is 3.50. The van der Waals surface area contributed by atoms with E-state index >= 15 is 0 Å². The van der Waals surface area contributed by atoms with Crippen molar-refractivity contribution in [2.24, 2.45) is 0 Å². The van der Waals surface area contributed by atoms with E-state index in [1.807, 2.05) is 0 Å². The Balaban J connectivity index is 1.92. The minimum Gasteiger partial charge on any atom is -0.489 e. The summed E-state index contributed by atoms with van der Waals surface area (Å²) < 4.78 is 5.40. The minimum atomic E-state index is -1.10. The van der Waals surface area contributed by atoms with Gasteiger partial charge in [-0.3, -0.25) is 10.2 Å². The fourth-order valence-corrected chi connectivity index (χ4v) is 2.45. The first kappa shape index (κ1) is 13.3. The molecule has 2 N–H and O–H groups in total. The van der Waals surface area contributed by atoms with Crippen LogP contribution in [0.25, 0.3) is 0 Å². The van der Waals surface area contributed by atoms with Gasteiger partial charge in [-0.15, -0.1) is 10.2 Å². The molecule has 0 radical (unpaired) electrons. The van der Waals surface area contributed by atoms with Crippen LogP contribution in [-0.2, 0) is 0 Å². The van der Waals surface area contributed by atoms with Crippen molar-refractivity contribution in [3.05, 3.63) is 29.3 Å². The van der Waals surface area contributed by atoms with Crippen LogP contribution in [0.2, 0.25) is 0 Å². The molecule has 9 heteroatoms. The van der Waals surface area contributed by atoms with Gasteiger partial charge in [0.05, 0.1) is 12.2 Å². The number of fused-ring (bicyclic) bond motifs is 1. The van der Waals surface area contributed by atoms with Gasteiger partial charge >= 0.3 is 12.0 Å². The molecule has 1 aliphatic rings. The normalized spacial score (nSPS) is 13.2. The second kappa shape index (κ2) is 5.37. The summed E-state index contributed by atoms with van der Waals surface area (Å²) >= 11 is 1.20. The molecule has 0 aliphatic carbocycles. The Hall–Kier alpha value is -2.68. The van der Waals surface area contributed by atoms with Crippen molar-refractivity contribution in [2.75, 3.05) is 23.4 Å². The summed E-state index contributed by atoms with van der Waals surface area (Å²) in [6.07, 6.45) is 0. The minimum absolute atomic E-state index is 0.0286. The van der Waals surface area contributed by atoms with Gasteiger partial charge in [0, 0.05) is 0 Å². The molecule has 3 rings (SSSR count). The number of amides is 2. The number of urea groups is 1. The van der Waals surface area contributed by atoms with Crippen LogP contribution in [0.15, 0.2) is 23.7 Å². The standard InChI is InChI=1S/C12H10N4O4S/c17-10(18)7-2-1-3-8-9(7)20-5-4-16(8)12(19)14-11-15-13-6-21-11/h1-3,6H,4-5H2,(H,17,18)(H,14,15,19). The number of aromatic carboxylic acids is 1. The molecule has 2 amide bonds. The number of carboxylic acids is 1. The molecule has 1 aliphatic heterocycles. The number of rotatable bonds is 2. The van der Waals surface area contributed by atoms with Crippen LogP contribution >= 0.6 is 11.3 Å². The largest absolute Gasteiger partial charge is 0.489 e. The first-order chi connectivity index (χ1) is 10.2. The average Bonchev–Trinajstić information content (AvgIpc) is 2.98. The second-order valence-electron chi connectivity index (χ2n) is 4.13. The number of para-hydroxylation sites is 1. The van der Waals surface area contributed by atoms with Crippen LogP contribution in [0.3, 0.4) is 0 Å². The zero-order valence-corrected chi connectivity index (χ0v) is 11.5. The average molecular weight is 306 g/mol. The number of carbonyl (C=O) groups excluding carboxylic acids is 1. The summed E-state index contributed by atoms with van der Waals surface area (Å²) in [5.74, 6) is -0.901. The zero-order chi connectivity index (χ0) is 14.8. The fourth-order valence-electron chi connectivity index (χ4n) is 2.01. The van der Waals surface area contributed by atoms with E-state index in [-0.39, 0.29) is 17.9 Å². The van der Waals surface area contributed by atoms with Crippen LogP contribution in [0.1, 0.15) is 10.4 Å². The molecule has 2 heterocycles. The number of aromatic nitrogens is 2. The first-order valence-corrected chi connectivity index (χ1v) is 6.88. The molecule has 0 saturated heterocycles. The third kappa shape index (κ3) is 2.50. The molecule has 0 fully saturated rings. The molecule has 8 nitrogen and oxygen atoms in total. The Morgan fingerprint density at radius 1 is 1.43 bits per heavy atom. The molecule has 0 spiro atoms. The van der Waals surface area contributed by atoms with Crippen LogP contribution in [0, 0.1) is 0 Å². The van der Waals surface area contributed by atoms with Crippen molar-refractivity contribution >= 4 is 34.2 Å². The Bertz CT molecular complexity index is 689. The van der Waals surface area contributed by atoms with Crippen LogP contribution < -0.4 is 15.0 Å². The first-order valence-electron chi connectivity index (χ1n) is 6.00. The Morgan fingerprint density at radius 2 is 2.29 bits per heavy atom. The van der Waals surface area contributed by atoms with E-state index in [1.54, 1.807) is 12.1 Å². The van der Waals surface area contributed by atoms with Gasteiger partial charge in [-0.25, -0.2) is 9.59 Å².